The lowest BCUT2D eigenvalue weighted by molar-refractivity contribution is -0.0528. The summed E-state index contributed by atoms with van der Waals surface area (Å²) in [5.74, 6) is 2.06. The molecule has 2 aliphatic rings. The minimum atomic E-state index is 0.859. The van der Waals surface area contributed by atoms with Crippen molar-refractivity contribution < 1.29 is 0 Å². The Bertz CT molecular complexity index is 128. The lowest BCUT2D eigenvalue weighted by atomic mass is 9.49. The Labute approximate surface area is 71.5 Å². The highest BCUT2D eigenvalue weighted by atomic mass is 79.9. The molecule has 0 saturated heterocycles. The van der Waals surface area contributed by atoms with Crippen LogP contribution in [-0.4, -0.2) is 5.33 Å². The molecule has 0 aromatic rings. The zero-order valence-electron chi connectivity index (χ0n) is 6.57. The first-order valence-electron chi connectivity index (χ1n) is 4.30. The number of hydrogen-bond donors (Lipinski definition) is 0. The van der Waals surface area contributed by atoms with Crippen molar-refractivity contribution in [3.8, 4) is 0 Å². The summed E-state index contributed by atoms with van der Waals surface area (Å²) in [6, 6.07) is 0. The van der Waals surface area contributed by atoms with E-state index in [2.05, 4.69) is 22.9 Å². The molecular formula is C9H15Br. The van der Waals surface area contributed by atoms with Crippen molar-refractivity contribution in [3.05, 3.63) is 0 Å². The van der Waals surface area contributed by atoms with Crippen LogP contribution in [0.25, 0.3) is 0 Å². The monoisotopic (exact) mass is 202 g/mol. The lowest BCUT2D eigenvalue weighted by Crippen LogP contribution is -2.47. The molecule has 0 amide bonds. The summed E-state index contributed by atoms with van der Waals surface area (Å²) in [6.07, 6.45) is 6.08. The maximum atomic E-state index is 3.55. The van der Waals surface area contributed by atoms with Gasteiger partial charge in [-0.2, -0.15) is 0 Å². The highest BCUT2D eigenvalue weighted by Crippen LogP contribution is 2.61. The Balaban J connectivity index is 1.80. The molecule has 2 rings (SSSR count). The van der Waals surface area contributed by atoms with E-state index in [4.69, 9.17) is 0 Å². The Morgan fingerprint density at radius 2 is 1.90 bits per heavy atom. The summed E-state index contributed by atoms with van der Waals surface area (Å²) in [6.45, 7) is 2.38. The van der Waals surface area contributed by atoms with Gasteiger partial charge < -0.3 is 0 Å². The second kappa shape index (κ2) is 2.23. The van der Waals surface area contributed by atoms with E-state index in [1.807, 2.05) is 0 Å². The summed E-state index contributed by atoms with van der Waals surface area (Å²) in [5, 5.41) is 1.24. The molecule has 1 spiro atoms. The molecule has 0 bridgehead atoms. The van der Waals surface area contributed by atoms with Crippen molar-refractivity contribution in [2.24, 2.45) is 17.3 Å². The maximum Gasteiger partial charge on any atom is 0.00600 e. The zero-order valence-corrected chi connectivity index (χ0v) is 8.15. The summed E-state index contributed by atoms with van der Waals surface area (Å²) in [7, 11) is 0. The van der Waals surface area contributed by atoms with Gasteiger partial charge in [-0.3, -0.25) is 0 Å². The van der Waals surface area contributed by atoms with Crippen LogP contribution in [-0.2, 0) is 0 Å². The fourth-order valence-corrected chi connectivity index (χ4v) is 3.48. The smallest absolute Gasteiger partial charge is 0.00600 e. The summed E-state index contributed by atoms with van der Waals surface area (Å²) < 4.78 is 0. The van der Waals surface area contributed by atoms with Gasteiger partial charge in [0.1, 0.15) is 0 Å². The van der Waals surface area contributed by atoms with Crippen LogP contribution in [0.4, 0.5) is 0 Å². The second-order valence-electron chi connectivity index (χ2n) is 4.44. The van der Waals surface area contributed by atoms with Crippen molar-refractivity contribution >= 4 is 15.9 Å². The average molecular weight is 203 g/mol. The number of alkyl halides is 1. The average Bonchev–Trinajstić information content (AvgIpc) is 1.74. The molecule has 0 aliphatic heterocycles. The highest BCUT2D eigenvalue weighted by Gasteiger charge is 2.50. The predicted octanol–water partition coefficient (Wildman–Crippen LogP) is 3.21. The van der Waals surface area contributed by atoms with Gasteiger partial charge in [0, 0.05) is 5.33 Å². The Kier molecular flexibility index (Phi) is 1.59. The van der Waals surface area contributed by atoms with Crippen LogP contribution in [0.1, 0.15) is 32.6 Å². The molecule has 0 atom stereocenters. The van der Waals surface area contributed by atoms with E-state index in [-0.39, 0.29) is 0 Å². The van der Waals surface area contributed by atoms with E-state index in [9.17, 15) is 0 Å². The van der Waals surface area contributed by atoms with Gasteiger partial charge in [0.05, 0.1) is 0 Å². The van der Waals surface area contributed by atoms with Gasteiger partial charge >= 0.3 is 0 Å². The van der Waals surface area contributed by atoms with E-state index < -0.39 is 0 Å². The number of hydrogen-bond acceptors (Lipinski definition) is 0. The number of halogens is 1. The van der Waals surface area contributed by atoms with Crippen molar-refractivity contribution in [2.45, 2.75) is 32.6 Å². The molecule has 0 unspecified atom stereocenters. The van der Waals surface area contributed by atoms with Crippen LogP contribution in [0.3, 0.4) is 0 Å². The van der Waals surface area contributed by atoms with Crippen molar-refractivity contribution in [1.29, 1.82) is 0 Å². The first kappa shape index (κ1) is 7.15. The van der Waals surface area contributed by atoms with Crippen LogP contribution >= 0.6 is 15.9 Å². The van der Waals surface area contributed by atoms with Gasteiger partial charge in [-0.25, -0.2) is 0 Å². The van der Waals surface area contributed by atoms with Crippen LogP contribution in [0, 0.1) is 17.3 Å². The third-order valence-corrected chi connectivity index (χ3v) is 4.14. The predicted molar refractivity (Wildman–Crippen MR) is 47.3 cm³/mol. The van der Waals surface area contributed by atoms with Crippen LogP contribution in [0.5, 0.6) is 0 Å². The lowest BCUT2D eigenvalue weighted by Gasteiger charge is -2.57. The Morgan fingerprint density at radius 1 is 1.30 bits per heavy atom. The largest absolute Gasteiger partial charge is 0.0925 e. The molecule has 2 aliphatic carbocycles. The highest BCUT2D eigenvalue weighted by molar-refractivity contribution is 9.09. The molecule has 0 aromatic heterocycles. The summed E-state index contributed by atoms with van der Waals surface area (Å²) in [5.41, 5.74) is 0.859. The molecule has 0 aromatic carbocycles. The molecule has 0 N–H and O–H groups in total. The van der Waals surface area contributed by atoms with E-state index in [1.54, 1.807) is 0 Å². The normalized spacial score (nSPS) is 52.2. The third-order valence-electron chi connectivity index (χ3n) is 3.22. The van der Waals surface area contributed by atoms with Gasteiger partial charge in [-0.05, 0) is 42.9 Å². The summed E-state index contributed by atoms with van der Waals surface area (Å²) in [4.78, 5) is 0. The first-order valence-corrected chi connectivity index (χ1v) is 5.42. The van der Waals surface area contributed by atoms with Crippen molar-refractivity contribution in [1.82, 2.24) is 0 Å². The molecule has 2 fully saturated rings. The van der Waals surface area contributed by atoms with Crippen LogP contribution in [0.2, 0.25) is 0 Å². The molecule has 0 radical (unpaired) electrons. The fourth-order valence-electron chi connectivity index (χ4n) is 3.03. The van der Waals surface area contributed by atoms with Gasteiger partial charge in [-0.1, -0.05) is 22.9 Å². The fraction of sp³-hybridized carbons (Fsp3) is 1.00. The third kappa shape index (κ3) is 0.939. The van der Waals surface area contributed by atoms with Crippen LogP contribution in [0.15, 0.2) is 0 Å². The van der Waals surface area contributed by atoms with E-state index in [0.717, 1.165) is 17.3 Å². The van der Waals surface area contributed by atoms with Gasteiger partial charge in [0.15, 0.2) is 0 Å². The van der Waals surface area contributed by atoms with Crippen molar-refractivity contribution in [3.63, 3.8) is 0 Å². The molecular weight excluding hydrogens is 188 g/mol. The SMILES string of the molecule is CC1CC2(C1)CC(CBr)C2. The van der Waals surface area contributed by atoms with Gasteiger partial charge in [0.2, 0.25) is 0 Å². The Morgan fingerprint density at radius 3 is 2.30 bits per heavy atom. The topological polar surface area (TPSA) is 0 Å². The standard InChI is InChI=1S/C9H15Br/c1-7-2-9(3-7)4-8(5-9)6-10/h7-8H,2-6H2,1H3. The summed E-state index contributed by atoms with van der Waals surface area (Å²) >= 11 is 3.55. The van der Waals surface area contributed by atoms with E-state index in [1.165, 1.54) is 31.0 Å². The quantitative estimate of drug-likeness (QED) is 0.574. The maximum absolute atomic E-state index is 3.55. The Hall–Kier alpha value is 0.480. The molecule has 0 heterocycles. The van der Waals surface area contributed by atoms with Gasteiger partial charge in [-0.15, -0.1) is 0 Å². The minimum absolute atomic E-state index is 0.859. The molecule has 1 heteroatoms. The van der Waals surface area contributed by atoms with Crippen molar-refractivity contribution in [2.75, 3.05) is 5.33 Å². The molecule has 10 heavy (non-hydrogen) atoms. The molecule has 58 valence electrons. The first-order chi connectivity index (χ1) is 4.74. The second-order valence-corrected chi connectivity index (χ2v) is 5.09. The molecule has 2 saturated carbocycles. The zero-order chi connectivity index (χ0) is 7.19. The molecule has 0 nitrogen and oxygen atoms in total. The van der Waals surface area contributed by atoms with Gasteiger partial charge in [0.25, 0.3) is 0 Å². The van der Waals surface area contributed by atoms with E-state index >= 15 is 0 Å². The van der Waals surface area contributed by atoms with Crippen LogP contribution < -0.4 is 0 Å². The minimum Gasteiger partial charge on any atom is -0.0925 e. The van der Waals surface area contributed by atoms with E-state index in [0.29, 0.717) is 0 Å². The number of rotatable bonds is 1.